The van der Waals surface area contributed by atoms with Crippen molar-refractivity contribution in [2.24, 2.45) is 0 Å². The summed E-state index contributed by atoms with van der Waals surface area (Å²) in [7, 11) is 0.796. The minimum atomic E-state index is -2.05. The van der Waals surface area contributed by atoms with Crippen LogP contribution in [0.4, 0.5) is 17.6 Å². The van der Waals surface area contributed by atoms with E-state index in [0.717, 1.165) is 7.11 Å². The number of carbonyl (C=O) groups is 2. The maximum atomic E-state index is 14.3. The standard InChI is InChI=1S/C15H14F4O4/c1-23-13(20)7-9(16)11(18)8(12(19)10(7)17)15(14(21)22)5-3-2-4-6-15/h2-6H2,1H3,(H,21,22). The predicted octanol–water partition coefficient (Wildman–Crippen LogP) is 3.32. The molecule has 0 heterocycles. The van der Waals surface area contributed by atoms with Crippen molar-refractivity contribution in [1.82, 2.24) is 0 Å². The van der Waals surface area contributed by atoms with Gasteiger partial charge in [0, 0.05) is 5.56 Å². The summed E-state index contributed by atoms with van der Waals surface area (Å²) < 4.78 is 60.9. The van der Waals surface area contributed by atoms with Crippen molar-refractivity contribution in [3.05, 3.63) is 34.4 Å². The van der Waals surface area contributed by atoms with Crippen molar-refractivity contribution in [2.75, 3.05) is 7.11 Å². The zero-order valence-electron chi connectivity index (χ0n) is 12.2. The monoisotopic (exact) mass is 334 g/mol. The first-order valence-corrected chi connectivity index (χ1v) is 6.96. The number of methoxy groups -OCH3 is 1. The second-order valence-corrected chi connectivity index (χ2v) is 5.45. The summed E-state index contributed by atoms with van der Waals surface area (Å²) in [6, 6.07) is 0. The van der Waals surface area contributed by atoms with Crippen LogP contribution in [0, 0.1) is 23.3 Å². The molecule has 0 spiro atoms. The highest BCUT2D eigenvalue weighted by Crippen LogP contribution is 2.43. The molecule has 1 aromatic carbocycles. The molecule has 1 N–H and O–H groups in total. The van der Waals surface area contributed by atoms with E-state index in [1.165, 1.54) is 0 Å². The summed E-state index contributed by atoms with van der Waals surface area (Å²) in [6.07, 6.45) is 1.07. The lowest BCUT2D eigenvalue weighted by Gasteiger charge is -2.34. The highest BCUT2D eigenvalue weighted by Gasteiger charge is 2.48. The molecule has 1 aromatic rings. The number of carbonyl (C=O) groups excluding carboxylic acids is 1. The Morgan fingerprint density at radius 2 is 1.43 bits per heavy atom. The number of ether oxygens (including phenoxy) is 1. The molecule has 1 aliphatic carbocycles. The van der Waals surface area contributed by atoms with E-state index in [1.807, 2.05) is 0 Å². The number of carboxylic acids is 1. The van der Waals surface area contributed by atoms with Crippen LogP contribution in [-0.4, -0.2) is 24.2 Å². The van der Waals surface area contributed by atoms with Gasteiger partial charge in [-0.1, -0.05) is 19.3 Å². The topological polar surface area (TPSA) is 63.6 Å². The fourth-order valence-electron chi connectivity index (χ4n) is 3.06. The lowest BCUT2D eigenvalue weighted by atomic mass is 9.68. The molecule has 4 nitrogen and oxygen atoms in total. The second kappa shape index (κ2) is 6.17. The van der Waals surface area contributed by atoms with E-state index in [0.29, 0.717) is 19.3 Å². The molecule has 0 unspecified atom stereocenters. The molecule has 8 heteroatoms. The lowest BCUT2D eigenvalue weighted by Crippen LogP contribution is -2.40. The number of esters is 1. The van der Waals surface area contributed by atoms with Crippen LogP contribution in [0.3, 0.4) is 0 Å². The largest absolute Gasteiger partial charge is 0.481 e. The molecule has 0 saturated heterocycles. The molecule has 0 atom stereocenters. The van der Waals surface area contributed by atoms with Gasteiger partial charge in [-0.2, -0.15) is 0 Å². The fraction of sp³-hybridized carbons (Fsp3) is 0.467. The number of aliphatic carboxylic acids is 1. The molecular formula is C15H14F4O4. The van der Waals surface area contributed by atoms with E-state index in [1.54, 1.807) is 0 Å². The van der Waals surface area contributed by atoms with E-state index in [9.17, 15) is 32.3 Å². The van der Waals surface area contributed by atoms with E-state index in [4.69, 9.17) is 0 Å². The minimum absolute atomic E-state index is 0.146. The van der Waals surface area contributed by atoms with Crippen LogP contribution in [0.2, 0.25) is 0 Å². The molecule has 2 rings (SSSR count). The van der Waals surface area contributed by atoms with Gasteiger partial charge in [-0.3, -0.25) is 4.79 Å². The van der Waals surface area contributed by atoms with Crippen LogP contribution in [0.15, 0.2) is 0 Å². The van der Waals surface area contributed by atoms with Gasteiger partial charge >= 0.3 is 11.9 Å². The Morgan fingerprint density at radius 1 is 0.957 bits per heavy atom. The maximum absolute atomic E-state index is 14.3. The Morgan fingerprint density at radius 3 is 1.83 bits per heavy atom. The molecule has 126 valence electrons. The Kier molecular flexibility index (Phi) is 4.63. The first-order chi connectivity index (χ1) is 10.8. The van der Waals surface area contributed by atoms with E-state index in [2.05, 4.69) is 4.74 Å². The molecule has 1 fully saturated rings. The van der Waals surface area contributed by atoms with Gasteiger partial charge in [0.05, 0.1) is 12.5 Å². The van der Waals surface area contributed by atoms with Gasteiger partial charge in [0.2, 0.25) is 0 Å². The number of carboxylic acid groups (broad SMARTS) is 1. The molecule has 0 radical (unpaired) electrons. The van der Waals surface area contributed by atoms with E-state index >= 15 is 0 Å². The Bertz CT molecular complexity index is 637. The summed E-state index contributed by atoms with van der Waals surface area (Å²) >= 11 is 0. The molecule has 1 saturated carbocycles. The molecule has 0 aromatic heterocycles. The first-order valence-electron chi connectivity index (χ1n) is 6.96. The van der Waals surface area contributed by atoms with Gasteiger partial charge in [-0.15, -0.1) is 0 Å². The SMILES string of the molecule is COC(=O)c1c(F)c(F)c(C2(C(=O)O)CCCCC2)c(F)c1F. The Balaban J connectivity index is 2.78. The van der Waals surface area contributed by atoms with Crippen molar-refractivity contribution in [3.8, 4) is 0 Å². The van der Waals surface area contributed by atoms with E-state index < -0.39 is 51.7 Å². The summed E-state index contributed by atoms with van der Waals surface area (Å²) in [5, 5.41) is 9.43. The van der Waals surface area contributed by atoms with E-state index in [-0.39, 0.29) is 12.8 Å². The highest BCUT2D eigenvalue weighted by molar-refractivity contribution is 5.90. The summed E-state index contributed by atoms with van der Waals surface area (Å²) in [5.74, 6) is -10.8. The zero-order valence-corrected chi connectivity index (χ0v) is 12.2. The van der Waals surface area contributed by atoms with Gasteiger partial charge in [0.25, 0.3) is 0 Å². The summed E-state index contributed by atoms with van der Waals surface area (Å²) in [5.41, 5.74) is -4.74. The molecule has 0 aliphatic heterocycles. The maximum Gasteiger partial charge on any atom is 0.344 e. The minimum Gasteiger partial charge on any atom is -0.481 e. The molecular weight excluding hydrogens is 320 g/mol. The van der Waals surface area contributed by atoms with Crippen molar-refractivity contribution in [1.29, 1.82) is 0 Å². The van der Waals surface area contributed by atoms with Crippen LogP contribution in [0.1, 0.15) is 48.0 Å². The van der Waals surface area contributed by atoms with Crippen LogP contribution >= 0.6 is 0 Å². The number of hydrogen-bond donors (Lipinski definition) is 1. The molecule has 0 amide bonds. The fourth-order valence-corrected chi connectivity index (χ4v) is 3.06. The second-order valence-electron chi connectivity index (χ2n) is 5.45. The molecule has 0 bridgehead atoms. The quantitative estimate of drug-likeness (QED) is 0.523. The summed E-state index contributed by atoms with van der Waals surface area (Å²) in [4.78, 5) is 22.9. The van der Waals surface area contributed by atoms with Gasteiger partial charge < -0.3 is 9.84 Å². The summed E-state index contributed by atoms with van der Waals surface area (Å²) in [6.45, 7) is 0. The number of halogens is 4. The van der Waals surface area contributed by atoms with Crippen LogP contribution < -0.4 is 0 Å². The van der Waals surface area contributed by atoms with Crippen LogP contribution in [-0.2, 0) is 14.9 Å². The molecule has 1 aliphatic rings. The average Bonchev–Trinajstić information content (AvgIpc) is 2.54. The predicted molar refractivity (Wildman–Crippen MR) is 70.0 cm³/mol. The van der Waals surface area contributed by atoms with Crippen molar-refractivity contribution >= 4 is 11.9 Å². The van der Waals surface area contributed by atoms with Gasteiger partial charge in [0.1, 0.15) is 5.56 Å². The first kappa shape index (κ1) is 17.2. The zero-order chi connectivity index (χ0) is 17.4. The third-order valence-corrected chi connectivity index (χ3v) is 4.25. The van der Waals surface area contributed by atoms with Crippen molar-refractivity contribution in [3.63, 3.8) is 0 Å². The van der Waals surface area contributed by atoms with Gasteiger partial charge in [-0.05, 0) is 12.8 Å². The number of hydrogen-bond acceptors (Lipinski definition) is 3. The lowest BCUT2D eigenvalue weighted by molar-refractivity contribution is -0.145. The average molecular weight is 334 g/mol. The Hall–Kier alpha value is -2.12. The van der Waals surface area contributed by atoms with Crippen LogP contribution in [0.5, 0.6) is 0 Å². The highest BCUT2D eigenvalue weighted by atomic mass is 19.2. The Labute approximate surface area is 129 Å². The third kappa shape index (κ3) is 2.55. The number of benzene rings is 1. The van der Waals surface area contributed by atoms with Gasteiger partial charge in [-0.25, -0.2) is 22.4 Å². The number of rotatable bonds is 3. The van der Waals surface area contributed by atoms with Crippen molar-refractivity contribution in [2.45, 2.75) is 37.5 Å². The van der Waals surface area contributed by atoms with Crippen LogP contribution in [0.25, 0.3) is 0 Å². The normalized spacial score (nSPS) is 16.9. The molecule has 23 heavy (non-hydrogen) atoms. The third-order valence-electron chi connectivity index (χ3n) is 4.25. The van der Waals surface area contributed by atoms with Crippen molar-refractivity contribution < 1.29 is 37.0 Å². The van der Waals surface area contributed by atoms with Gasteiger partial charge in [0.15, 0.2) is 23.3 Å². The smallest absolute Gasteiger partial charge is 0.344 e.